The number of hydrogen-bond donors (Lipinski definition) is 3. The van der Waals surface area contributed by atoms with Crippen LogP contribution in [0.25, 0.3) is 0 Å². The molecule has 0 fully saturated rings. The second kappa shape index (κ2) is 6.12. The Balaban J connectivity index is 3.29. The van der Waals surface area contributed by atoms with Gasteiger partial charge >= 0.3 is 0 Å². The normalized spacial score (nSPS) is 12.6. The molecule has 0 heterocycles. The molecule has 0 radical (unpaired) electrons. The van der Waals surface area contributed by atoms with Gasteiger partial charge in [0.15, 0.2) is 0 Å². The van der Waals surface area contributed by atoms with Crippen LogP contribution in [-0.4, -0.2) is 30.2 Å². The second-order valence-electron chi connectivity index (χ2n) is 2.45. The van der Waals surface area contributed by atoms with Crippen LogP contribution < -0.4 is 11.1 Å². The number of carbonyl (C=O) groups excluding carboxylic acids is 1. The van der Waals surface area contributed by atoms with Gasteiger partial charge in [0.2, 0.25) is 5.91 Å². The number of aliphatic hydroxyl groups is 1. The minimum Gasteiger partial charge on any atom is -0.391 e. The van der Waals surface area contributed by atoms with Crippen molar-refractivity contribution in [2.75, 3.05) is 13.1 Å². The van der Waals surface area contributed by atoms with Gasteiger partial charge < -0.3 is 16.2 Å². The van der Waals surface area contributed by atoms with Crippen molar-refractivity contribution in [3.05, 3.63) is 0 Å². The summed E-state index contributed by atoms with van der Waals surface area (Å²) in [5, 5.41) is 11.6. The van der Waals surface area contributed by atoms with E-state index in [1.165, 1.54) is 0 Å². The molecule has 66 valence electrons. The molecule has 1 unspecified atom stereocenters. The highest BCUT2D eigenvalue weighted by atomic mass is 16.3. The topological polar surface area (TPSA) is 75.3 Å². The van der Waals surface area contributed by atoms with Crippen LogP contribution in [0.2, 0.25) is 0 Å². The molecule has 0 rings (SSSR count). The lowest BCUT2D eigenvalue weighted by Crippen LogP contribution is -2.36. The molecule has 0 saturated heterocycles. The summed E-state index contributed by atoms with van der Waals surface area (Å²) in [4.78, 5) is 10.6. The zero-order valence-corrected chi connectivity index (χ0v) is 6.84. The van der Waals surface area contributed by atoms with Crippen LogP contribution in [0, 0.1) is 0 Å². The summed E-state index contributed by atoms with van der Waals surface area (Å²) in [6.07, 6.45) is 1.19. The van der Waals surface area contributed by atoms with Crippen molar-refractivity contribution in [1.29, 1.82) is 0 Å². The third-order valence-electron chi connectivity index (χ3n) is 1.34. The van der Waals surface area contributed by atoms with Crippen molar-refractivity contribution in [1.82, 2.24) is 5.32 Å². The van der Waals surface area contributed by atoms with E-state index < -0.39 is 6.10 Å². The minimum absolute atomic E-state index is 0.0150. The Kier molecular flexibility index (Phi) is 5.78. The van der Waals surface area contributed by atoms with Gasteiger partial charge in [-0.2, -0.15) is 0 Å². The van der Waals surface area contributed by atoms with Crippen LogP contribution in [0.4, 0.5) is 0 Å². The first-order valence-electron chi connectivity index (χ1n) is 3.85. The number of aliphatic hydroxyl groups excluding tert-OH is 1. The van der Waals surface area contributed by atoms with E-state index in [2.05, 4.69) is 5.32 Å². The number of nitrogens with two attached hydrogens (primary N) is 1. The molecule has 0 saturated carbocycles. The highest BCUT2D eigenvalue weighted by Gasteiger charge is 2.03. The zero-order chi connectivity index (χ0) is 8.69. The first-order chi connectivity index (χ1) is 5.20. The molecule has 0 bridgehead atoms. The average Bonchev–Trinajstić information content (AvgIpc) is 2.01. The second-order valence-corrected chi connectivity index (χ2v) is 2.45. The average molecular weight is 160 g/mol. The maximum atomic E-state index is 10.6. The van der Waals surface area contributed by atoms with Crippen molar-refractivity contribution in [3.63, 3.8) is 0 Å². The molecule has 0 spiro atoms. The smallest absolute Gasteiger partial charge is 0.233 e. The van der Waals surface area contributed by atoms with Crippen molar-refractivity contribution in [2.24, 2.45) is 5.73 Å². The van der Waals surface area contributed by atoms with Gasteiger partial charge in [-0.3, -0.25) is 4.79 Å². The van der Waals surface area contributed by atoms with Gasteiger partial charge in [0.1, 0.15) is 0 Å². The fourth-order valence-electron chi connectivity index (χ4n) is 0.739. The summed E-state index contributed by atoms with van der Waals surface area (Å²) in [6.45, 7) is 2.27. The summed E-state index contributed by atoms with van der Waals surface area (Å²) < 4.78 is 0. The maximum Gasteiger partial charge on any atom is 0.233 e. The molecule has 0 aliphatic carbocycles. The van der Waals surface area contributed by atoms with Gasteiger partial charge in [-0.1, -0.05) is 13.3 Å². The Morgan fingerprint density at radius 2 is 2.36 bits per heavy atom. The van der Waals surface area contributed by atoms with Gasteiger partial charge in [0.05, 0.1) is 12.6 Å². The third-order valence-corrected chi connectivity index (χ3v) is 1.34. The molecular formula is C7H16N2O2. The highest BCUT2D eigenvalue weighted by molar-refractivity contribution is 5.77. The summed E-state index contributed by atoms with van der Waals surface area (Å²) in [7, 11) is 0. The van der Waals surface area contributed by atoms with Crippen LogP contribution in [0.3, 0.4) is 0 Å². The largest absolute Gasteiger partial charge is 0.391 e. The highest BCUT2D eigenvalue weighted by Crippen LogP contribution is 1.93. The molecule has 1 amide bonds. The summed E-state index contributed by atoms with van der Waals surface area (Å²) >= 11 is 0. The number of hydrogen-bond acceptors (Lipinski definition) is 3. The van der Waals surface area contributed by atoms with Crippen LogP contribution in [0.1, 0.15) is 19.8 Å². The minimum atomic E-state index is -0.435. The lowest BCUT2D eigenvalue weighted by Gasteiger charge is -2.09. The van der Waals surface area contributed by atoms with E-state index in [9.17, 15) is 4.79 Å². The lowest BCUT2D eigenvalue weighted by atomic mass is 10.2. The van der Waals surface area contributed by atoms with Crippen LogP contribution in [-0.2, 0) is 4.79 Å². The number of amides is 1. The van der Waals surface area contributed by atoms with Crippen LogP contribution >= 0.6 is 0 Å². The van der Waals surface area contributed by atoms with E-state index in [4.69, 9.17) is 10.8 Å². The molecule has 4 nitrogen and oxygen atoms in total. The molecule has 0 aromatic rings. The fraction of sp³-hybridized carbons (Fsp3) is 0.857. The molecule has 11 heavy (non-hydrogen) atoms. The van der Waals surface area contributed by atoms with Crippen molar-refractivity contribution >= 4 is 5.91 Å². The molecular weight excluding hydrogens is 144 g/mol. The molecule has 4 N–H and O–H groups in total. The predicted molar refractivity (Wildman–Crippen MR) is 43.0 cm³/mol. The third kappa shape index (κ3) is 5.82. The molecule has 4 heteroatoms. The van der Waals surface area contributed by atoms with Gasteiger partial charge in [0, 0.05) is 6.54 Å². The summed E-state index contributed by atoms with van der Waals surface area (Å²) in [5.74, 6) is -0.222. The number of rotatable bonds is 5. The van der Waals surface area contributed by atoms with E-state index in [0.29, 0.717) is 13.0 Å². The Labute approximate surface area is 66.8 Å². The quantitative estimate of drug-likeness (QED) is 0.494. The van der Waals surface area contributed by atoms with E-state index in [-0.39, 0.29) is 12.5 Å². The summed E-state index contributed by atoms with van der Waals surface area (Å²) in [6, 6.07) is 0. The van der Waals surface area contributed by atoms with Gasteiger partial charge in [-0.25, -0.2) is 0 Å². The molecule has 0 aliphatic rings. The lowest BCUT2D eigenvalue weighted by molar-refractivity contribution is -0.120. The monoisotopic (exact) mass is 160 g/mol. The van der Waals surface area contributed by atoms with Gasteiger partial charge in [-0.05, 0) is 6.42 Å². The van der Waals surface area contributed by atoms with E-state index >= 15 is 0 Å². The Morgan fingerprint density at radius 1 is 1.73 bits per heavy atom. The first kappa shape index (κ1) is 10.4. The van der Waals surface area contributed by atoms with E-state index in [0.717, 1.165) is 6.42 Å². The Bertz CT molecular complexity index is 117. The van der Waals surface area contributed by atoms with Crippen molar-refractivity contribution < 1.29 is 9.90 Å². The fourth-order valence-corrected chi connectivity index (χ4v) is 0.739. The number of carbonyl (C=O) groups is 1. The van der Waals surface area contributed by atoms with Crippen molar-refractivity contribution in [3.8, 4) is 0 Å². The Hall–Kier alpha value is -0.610. The first-order valence-corrected chi connectivity index (χ1v) is 3.85. The molecule has 1 atom stereocenters. The number of nitrogens with one attached hydrogen (secondary N) is 1. The molecule has 0 aromatic heterocycles. The van der Waals surface area contributed by atoms with E-state index in [1.807, 2.05) is 6.92 Å². The summed E-state index contributed by atoms with van der Waals surface area (Å²) in [5.41, 5.74) is 5.04. The van der Waals surface area contributed by atoms with Crippen LogP contribution in [0.15, 0.2) is 0 Å². The van der Waals surface area contributed by atoms with E-state index in [1.54, 1.807) is 0 Å². The van der Waals surface area contributed by atoms with Crippen molar-refractivity contribution in [2.45, 2.75) is 25.9 Å². The van der Waals surface area contributed by atoms with Crippen LogP contribution in [0.5, 0.6) is 0 Å². The standard InChI is InChI=1S/C7H16N2O2/c1-2-3-6(10)5-9-7(11)4-8/h6,10H,2-5,8H2,1H3,(H,9,11). The van der Waals surface area contributed by atoms with Gasteiger partial charge in [-0.15, -0.1) is 0 Å². The SMILES string of the molecule is CCCC(O)CNC(=O)CN. The molecule has 0 aromatic carbocycles. The predicted octanol–water partition coefficient (Wildman–Crippen LogP) is -0.778. The Morgan fingerprint density at radius 3 is 2.82 bits per heavy atom. The molecule has 0 aliphatic heterocycles. The van der Waals surface area contributed by atoms with Gasteiger partial charge in [0.25, 0.3) is 0 Å². The zero-order valence-electron chi connectivity index (χ0n) is 6.84. The maximum absolute atomic E-state index is 10.6.